The van der Waals surface area contributed by atoms with Crippen LogP contribution >= 0.6 is 0 Å². The fourth-order valence-corrected chi connectivity index (χ4v) is 0. The van der Waals surface area contributed by atoms with Gasteiger partial charge in [0.05, 0.1) is 0 Å². The van der Waals surface area contributed by atoms with Gasteiger partial charge >= 0.3 is 132 Å². The zero-order valence-electron chi connectivity index (χ0n) is 7.80. The Morgan fingerprint density at radius 1 is 0.625 bits per heavy atom. The third kappa shape index (κ3) is 482. The van der Waals surface area contributed by atoms with Crippen molar-refractivity contribution < 1.29 is 71.2 Å². The van der Waals surface area contributed by atoms with E-state index in [1.165, 1.54) is 0 Å². The Labute approximate surface area is 216 Å². The van der Waals surface area contributed by atoms with Crippen molar-refractivity contribution in [2.75, 3.05) is 0 Å². The molecule has 0 aliphatic heterocycles. The number of rotatable bonds is 0. The summed E-state index contributed by atoms with van der Waals surface area (Å²) in [6, 6.07) is 0. The van der Waals surface area contributed by atoms with Crippen LogP contribution in [-0.4, -0.2) is 151 Å². The Balaban J connectivity index is -0.0000000135. The van der Waals surface area contributed by atoms with E-state index in [0.717, 1.165) is 0 Å². The molecule has 13 heteroatoms. The first kappa shape index (κ1) is 42.7. The molecule has 0 heterocycles. The van der Waals surface area contributed by atoms with Crippen molar-refractivity contribution in [2.24, 2.45) is 0 Å². The van der Waals surface area contributed by atoms with E-state index in [9.17, 15) is 0 Å². The second kappa shape index (κ2) is 36.1. The van der Waals surface area contributed by atoms with Crippen molar-refractivity contribution in [1.29, 1.82) is 0 Å². The topological polar surface area (TPSA) is 190 Å². The Hall–Kier alpha value is 3.00. The molecule has 0 aromatic heterocycles. The third-order valence-corrected chi connectivity index (χ3v) is 0. The maximum absolute atomic E-state index is 8.33. The van der Waals surface area contributed by atoms with Gasteiger partial charge in [-0.15, -0.1) is 0 Å². The van der Waals surface area contributed by atoms with Crippen molar-refractivity contribution in [3.8, 4) is 0 Å². The summed E-state index contributed by atoms with van der Waals surface area (Å²) < 4.78 is 0. The van der Waals surface area contributed by atoms with Gasteiger partial charge in [0.1, 0.15) is 0 Å². The van der Waals surface area contributed by atoms with Gasteiger partial charge in [0, 0.05) is 26.2 Å². The first-order valence-corrected chi connectivity index (χ1v) is 1.84. The molecule has 0 rings (SSSR count). The average Bonchev–Trinajstić information content (AvgIpc) is 1.54. The number of hydrogen-bond acceptors (Lipinski definition) is 9. The van der Waals surface area contributed by atoms with Crippen molar-refractivity contribution in [3.05, 3.63) is 0 Å². The molecule has 0 bridgehead atoms. The summed E-state index contributed by atoms with van der Waals surface area (Å²) in [7, 11) is 0. The first-order valence-electron chi connectivity index (χ1n) is 1.84. The van der Waals surface area contributed by atoms with Crippen LogP contribution in [-0.2, 0) is 26.2 Å². The smallest absolute Gasteiger partial charge is 0.652 e. The minimum absolute atomic E-state index is 0. The Bertz CT molecular complexity index is 128. The minimum atomic E-state index is -2.33. The number of carboxylic acid groups (broad SMARTS) is 6. The third-order valence-electron chi connectivity index (χ3n) is 0. The molecule has 9 nitrogen and oxygen atoms in total. The number of carbonyl (C=O) groups excluding carboxylic acids is 3. The summed E-state index contributed by atoms with van der Waals surface area (Å²) in [4.78, 5) is 25.0. The van der Waals surface area contributed by atoms with E-state index in [1.54, 1.807) is 0 Å². The van der Waals surface area contributed by atoms with E-state index in [2.05, 4.69) is 0 Å². The summed E-state index contributed by atoms with van der Waals surface area (Å²) in [6.45, 7) is 0. The van der Waals surface area contributed by atoms with Gasteiger partial charge in [-0.2, -0.15) is 0 Å². The monoisotopic (exact) mass is 536 g/mol. The van der Waals surface area contributed by atoms with Crippen LogP contribution in [0.3, 0.4) is 0 Å². The summed E-state index contributed by atoms with van der Waals surface area (Å²) in [6.07, 6.45) is -7.00. The molecule has 0 aliphatic rings. The van der Waals surface area contributed by atoms with Crippen LogP contribution in [0.4, 0.5) is 14.4 Å². The van der Waals surface area contributed by atoms with E-state index in [0.29, 0.717) is 0 Å². The summed E-state index contributed by atoms with van der Waals surface area (Å²) in [5.74, 6) is 0. The van der Waals surface area contributed by atoms with Gasteiger partial charge in [-0.25, -0.2) is 0 Å². The van der Waals surface area contributed by atoms with Gasteiger partial charge in [-0.05, 0) is 18.5 Å². The molecule has 0 amide bonds. The summed E-state index contributed by atoms with van der Waals surface area (Å²) in [5, 5.41) is 50.0. The van der Waals surface area contributed by atoms with Crippen LogP contribution in [0.1, 0.15) is 0 Å². The zero-order valence-corrected chi connectivity index (χ0v) is 20.4. The SMILES string of the molecule is O=C([O-])[O-].O=C([O-])[O-].O=C([O-])[O-].[Ba+2].[Ca+2].[Sr+2].[Zr]. The van der Waals surface area contributed by atoms with Gasteiger partial charge in [-0.3, -0.25) is 0 Å². The Morgan fingerprint density at radius 2 is 0.625 bits per heavy atom. The molecule has 0 radical (unpaired) electrons. The summed E-state index contributed by atoms with van der Waals surface area (Å²) in [5.41, 5.74) is 0. The van der Waals surface area contributed by atoms with E-state index in [1.807, 2.05) is 0 Å². The average molecular weight is 536 g/mol. The Morgan fingerprint density at radius 3 is 0.625 bits per heavy atom. The summed E-state index contributed by atoms with van der Waals surface area (Å²) >= 11 is 0. The van der Waals surface area contributed by atoms with E-state index >= 15 is 0 Å². The van der Waals surface area contributed by atoms with Crippen molar-refractivity contribution >= 4 is 151 Å². The van der Waals surface area contributed by atoms with Crippen LogP contribution in [0.15, 0.2) is 0 Å². The molecule has 0 spiro atoms. The fraction of sp³-hybridized carbons (Fsp3) is 0. The van der Waals surface area contributed by atoms with Gasteiger partial charge < -0.3 is 45.0 Å². The van der Waals surface area contributed by atoms with Crippen molar-refractivity contribution in [3.63, 3.8) is 0 Å². The molecule has 0 aromatic carbocycles. The molecule has 0 saturated carbocycles. The molecule has 0 atom stereocenters. The molecule has 0 fully saturated rings. The number of hydrogen-bond donors (Lipinski definition) is 0. The van der Waals surface area contributed by atoms with Crippen LogP contribution in [0.25, 0.3) is 0 Å². The maximum atomic E-state index is 8.33. The van der Waals surface area contributed by atoms with Crippen LogP contribution in [0.2, 0.25) is 0 Å². The van der Waals surface area contributed by atoms with E-state index in [4.69, 9.17) is 45.0 Å². The van der Waals surface area contributed by atoms with Gasteiger partial charge in [-0.1, -0.05) is 0 Å². The molecule has 0 aliphatic carbocycles. The van der Waals surface area contributed by atoms with Crippen LogP contribution in [0, 0.1) is 0 Å². The Kier molecular flexibility index (Phi) is 96.5. The minimum Gasteiger partial charge on any atom is -0.652 e. The second-order valence-corrected chi connectivity index (χ2v) is 0.750. The number of carbonyl (C=O) groups is 3. The largest absolute Gasteiger partial charge is 2.00 e. The molecule has 0 unspecified atom stereocenters. The molecule has 0 aromatic rings. The molecule has 76 valence electrons. The second-order valence-electron chi connectivity index (χ2n) is 0.750. The zero-order chi connectivity index (χ0) is 10.7. The van der Waals surface area contributed by atoms with Crippen LogP contribution < -0.4 is 30.6 Å². The molecule has 16 heavy (non-hydrogen) atoms. The predicted molar refractivity (Wildman–Crippen MR) is 33.4 cm³/mol. The van der Waals surface area contributed by atoms with Gasteiger partial charge in [0.2, 0.25) is 0 Å². The molecule has 0 N–H and O–H groups in total. The van der Waals surface area contributed by atoms with Crippen LogP contribution in [0.5, 0.6) is 0 Å². The maximum Gasteiger partial charge on any atom is 2.00 e. The fourth-order valence-electron chi connectivity index (χ4n) is 0. The normalized spacial score (nSPS) is 4.50. The van der Waals surface area contributed by atoms with Gasteiger partial charge in [0.25, 0.3) is 0 Å². The first-order chi connectivity index (χ1) is 5.20. The van der Waals surface area contributed by atoms with Crippen molar-refractivity contribution in [1.82, 2.24) is 0 Å². The molecular weight excluding hydrogens is 536 g/mol. The molecular formula is C3BaCaO9SrZr. The van der Waals surface area contributed by atoms with Crippen molar-refractivity contribution in [2.45, 2.75) is 0 Å². The predicted octanol–water partition coefficient (Wildman–Crippen LogP) is -8.49. The van der Waals surface area contributed by atoms with Gasteiger partial charge in [0.15, 0.2) is 0 Å². The standard InChI is InChI=1S/3CH2O3.Ba.Ca.Sr.Zr/c3*2-1(3)4;;;;/h3*(H2,2,3,4);;;;/q;;;3*+2;/p-6. The quantitative estimate of drug-likeness (QED) is 0.271. The molecule has 0 saturated heterocycles. The van der Waals surface area contributed by atoms with E-state index < -0.39 is 18.5 Å². The van der Waals surface area contributed by atoms with E-state index in [-0.39, 0.29) is 158 Å².